The summed E-state index contributed by atoms with van der Waals surface area (Å²) in [6.07, 6.45) is 13.0. The minimum atomic E-state index is -0.519. The zero-order valence-electron chi connectivity index (χ0n) is 27.6. The number of thiazole rings is 1. The topological polar surface area (TPSA) is 96.8 Å². The van der Waals surface area contributed by atoms with Gasteiger partial charge in [-0.2, -0.15) is 0 Å². The molecule has 1 saturated heterocycles. The number of unbranched alkanes of at least 4 members (excludes halogenated alkanes) is 3. The normalized spacial score (nSPS) is 25.0. The summed E-state index contributed by atoms with van der Waals surface area (Å²) in [5, 5.41) is 5.74. The Labute approximate surface area is 279 Å². The van der Waals surface area contributed by atoms with Crippen LogP contribution in [0.3, 0.4) is 0 Å². The third-order valence-corrected chi connectivity index (χ3v) is 11.9. The van der Waals surface area contributed by atoms with Gasteiger partial charge >= 0.3 is 6.09 Å². The molecule has 3 aromatic rings. The van der Waals surface area contributed by atoms with Gasteiger partial charge in [-0.15, -0.1) is 11.3 Å². The first-order valence-electron chi connectivity index (χ1n) is 17.6. The molecule has 1 N–H and O–H groups in total. The average molecular weight is 664 g/mol. The zero-order chi connectivity index (χ0) is 32.7. The molecule has 4 bridgehead atoms. The van der Waals surface area contributed by atoms with Crippen LogP contribution < -0.4 is 15.6 Å². The molecule has 1 aliphatic heterocycles. The number of pyridine rings is 1. The lowest BCUT2D eigenvalue weighted by Gasteiger charge is -2.56. The number of amides is 2. The van der Waals surface area contributed by atoms with E-state index in [-0.39, 0.29) is 22.5 Å². The van der Waals surface area contributed by atoms with E-state index < -0.39 is 17.2 Å². The third kappa shape index (κ3) is 6.27. The molecular weight excluding hydrogens is 617 g/mol. The molecular formula is C36H46FN5O4S. The van der Waals surface area contributed by atoms with Crippen molar-refractivity contribution in [3.8, 4) is 0 Å². The van der Waals surface area contributed by atoms with E-state index in [2.05, 4.69) is 17.6 Å². The fourth-order valence-corrected chi connectivity index (χ4v) is 10.0. The van der Waals surface area contributed by atoms with Gasteiger partial charge in [0.1, 0.15) is 11.4 Å². The quantitative estimate of drug-likeness (QED) is 0.231. The molecule has 2 aromatic heterocycles. The summed E-state index contributed by atoms with van der Waals surface area (Å²) in [7, 11) is 0. The molecule has 2 amide bonds. The molecule has 0 unspecified atom stereocenters. The van der Waals surface area contributed by atoms with Gasteiger partial charge in [0.05, 0.1) is 23.5 Å². The highest BCUT2D eigenvalue weighted by molar-refractivity contribution is 7.14. The number of aromatic nitrogens is 2. The highest BCUT2D eigenvalue weighted by atomic mass is 32.1. The van der Waals surface area contributed by atoms with Crippen molar-refractivity contribution in [2.24, 2.45) is 17.8 Å². The van der Waals surface area contributed by atoms with Gasteiger partial charge in [0.25, 0.3) is 5.91 Å². The van der Waals surface area contributed by atoms with Gasteiger partial charge < -0.3 is 19.1 Å². The molecule has 47 heavy (non-hydrogen) atoms. The van der Waals surface area contributed by atoms with E-state index in [1.165, 1.54) is 55.9 Å². The molecule has 1 aromatic carbocycles. The Morgan fingerprint density at radius 3 is 2.38 bits per heavy atom. The van der Waals surface area contributed by atoms with Crippen LogP contribution in [0.1, 0.15) is 94.1 Å². The molecule has 252 valence electrons. The van der Waals surface area contributed by atoms with Gasteiger partial charge in [0.15, 0.2) is 5.13 Å². The number of anilines is 2. The first-order chi connectivity index (χ1) is 22.8. The first-order valence-corrected chi connectivity index (χ1v) is 18.5. The van der Waals surface area contributed by atoms with Crippen molar-refractivity contribution in [1.82, 2.24) is 14.5 Å². The van der Waals surface area contributed by atoms with Crippen molar-refractivity contribution >= 4 is 45.1 Å². The van der Waals surface area contributed by atoms with E-state index in [1.807, 2.05) is 9.47 Å². The van der Waals surface area contributed by atoms with E-state index in [0.717, 1.165) is 49.1 Å². The van der Waals surface area contributed by atoms with Crippen LogP contribution in [-0.4, -0.2) is 59.2 Å². The van der Waals surface area contributed by atoms with Gasteiger partial charge in [-0.3, -0.25) is 14.9 Å². The van der Waals surface area contributed by atoms with Gasteiger partial charge in [0.2, 0.25) is 5.43 Å². The molecule has 5 fully saturated rings. The lowest BCUT2D eigenvalue weighted by molar-refractivity contribution is -0.00688. The molecule has 0 spiro atoms. The minimum absolute atomic E-state index is 0.00486. The lowest BCUT2D eigenvalue weighted by Crippen LogP contribution is -2.49. The second-order valence-electron chi connectivity index (χ2n) is 14.3. The molecule has 4 saturated carbocycles. The number of rotatable bonds is 10. The monoisotopic (exact) mass is 663 g/mol. The predicted molar refractivity (Wildman–Crippen MR) is 183 cm³/mol. The van der Waals surface area contributed by atoms with Gasteiger partial charge in [-0.05, 0) is 81.8 Å². The van der Waals surface area contributed by atoms with Gasteiger partial charge in [-0.25, -0.2) is 14.2 Å². The number of nitrogens with one attached hydrogen (secondary N) is 1. The molecule has 4 aliphatic carbocycles. The number of aryl methyl sites for hydroxylation is 1. The number of hydrogen-bond acceptors (Lipinski definition) is 7. The highest BCUT2D eigenvalue weighted by Gasteiger charge is 2.52. The number of fused-ring (bicyclic) bond motifs is 1. The first kappa shape index (κ1) is 32.1. The Bertz CT molecular complexity index is 1680. The highest BCUT2D eigenvalue weighted by Crippen LogP contribution is 2.60. The van der Waals surface area contributed by atoms with E-state index >= 15 is 4.39 Å². The summed E-state index contributed by atoms with van der Waals surface area (Å²) in [5.41, 5.74) is 1.72. The molecule has 0 radical (unpaired) electrons. The minimum Gasteiger partial charge on any atom is -0.450 e. The molecule has 5 aliphatic rings. The summed E-state index contributed by atoms with van der Waals surface area (Å²) in [5.74, 6) is 1.36. The molecule has 11 heteroatoms. The molecule has 8 rings (SSSR count). The van der Waals surface area contributed by atoms with Crippen molar-refractivity contribution in [3.05, 3.63) is 51.0 Å². The SMILES string of the molecule is CCCCCCn1cc(C(=O)Nc2nc(C34CC5CC(CC(C5)C3)C4)cs2)c(=O)c2cc(F)c(N3CCN(C(=O)OCC)CC3)cc21. The Morgan fingerprint density at radius 2 is 1.72 bits per heavy atom. The van der Waals surface area contributed by atoms with Crippen LogP contribution in [0.2, 0.25) is 0 Å². The maximum Gasteiger partial charge on any atom is 0.409 e. The lowest BCUT2D eigenvalue weighted by atomic mass is 9.49. The Kier molecular flexibility index (Phi) is 9.02. The number of hydrogen-bond donors (Lipinski definition) is 1. The fourth-order valence-electron chi connectivity index (χ4n) is 9.21. The van der Waals surface area contributed by atoms with Crippen LogP contribution in [0, 0.1) is 23.6 Å². The maximum atomic E-state index is 15.7. The van der Waals surface area contributed by atoms with Crippen LogP contribution in [-0.2, 0) is 16.7 Å². The van der Waals surface area contributed by atoms with Gasteiger partial charge in [-0.1, -0.05) is 26.2 Å². The van der Waals surface area contributed by atoms with Crippen LogP contribution in [0.25, 0.3) is 10.9 Å². The summed E-state index contributed by atoms with van der Waals surface area (Å²) < 4.78 is 22.8. The summed E-state index contributed by atoms with van der Waals surface area (Å²) in [4.78, 5) is 48.2. The van der Waals surface area contributed by atoms with E-state index in [1.54, 1.807) is 24.1 Å². The van der Waals surface area contributed by atoms with Crippen LogP contribution in [0.15, 0.2) is 28.5 Å². The van der Waals surface area contributed by atoms with Crippen molar-refractivity contribution < 1.29 is 18.7 Å². The number of ether oxygens (including phenoxy) is 1. The van der Waals surface area contributed by atoms with Crippen LogP contribution >= 0.6 is 11.3 Å². The molecule has 0 atom stereocenters. The van der Waals surface area contributed by atoms with Crippen LogP contribution in [0.4, 0.5) is 20.0 Å². The molecule has 3 heterocycles. The summed E-state index contributed by atoms with van der Waals surface area (Å²) in [6.45, 7) is 6.56. The standard InChI is InChI=1S/C36H46FN5O4S/c1-3-5-6-7-8-42-21-27(33(44)39-34-38-31(22-47-34)36-18-23-13-24(19-36)15-25(14-23)20-36)32(43)26-16-28(37)30(17-29(26)42)40-9-11-41(12-10-40)35(45)46-4-2/h16-17,21-25H,3-15,18-20H2,1-2H3,(H,38,39,44). The Morgan fingerprint density at radius 1 is 1.02 bits per heavy atom. The van der Waals surface area contributed by atoms with E-state index in [9.17, 15) is 14.4 Å². The molecule has 9 nitrogen and oxygen atoms in total. The number of carbonyl (C=O) groups excluding carboxylic acids is 2. The number of benzene rings is 1. The second kappa shape index (κ2) is 13.2. The van der Waals surface area contributed by atoms with Crippen molar-refractivity contribution in [2.45, 2.75) is 90.0 Å². The summed E-state index contributed by atoms with van der Waals surface area (Å²) in [6, 6.07) is 3.00. The summed E-state index contributed by atoms with van der Waals surface area (Å²) >= 11 is 1.43. The zero-order valence-corrected chi connectivity index (χ0v) is 28.4. The van der Waals surface area contributed by atoms with Crippen molar-refractivity contribution in [1.29, 1.82) is 0 Å². The van der Waals surface area contributed by atoms with E-state index in [0.29, 0.717) is 55.7 Å². The largest absolute Gasteiger partial charge is 0.450 e. The fraction of sp³-hybridized carbons (Fsp3) is 0.611. The number of halogens is 1. The van der Waals surface area contributed by atoms with Crippen molar-refractivity contribution in [3.63, 3.8) is 0 Å². The second-order valence-corrected chi connectivity index (χ2v) is 15.2. The number of piperazine rings is 1. The van der Waals surface area contributed by atoms with Crippen molar-refractivity contribution in [2.75, 3.05) is 43.0 Å². The predicted octanol–water partition coefficient (Wildman–Crippen LogP) is 7.18. The average Bonchev–Trinajstić information content (AvgIpc) is 3.53. The van der Waals surface area contributed by atoms with Gasteiger partial charge in [0, 0.05) is 55.1 Å². The smallest absolute Gasteiger partial charge is 0.409 e. The van der Waals surface area contributed by atoms with Crippen LogP contribution in [0.5, 0.6) is 0 Å². The number of carbonyl (C=O) groups is 2. The maximum absolute atomic E-state index is 15.7. The third-order valence-electron chi connectivity index (χ3n) is 11.1. The van der Waals surface area contributed by atoms with E-state index in [4.69, 9.17) is 9.72 Å². The Balaban J connectivity index is 1.15. The number of nitrogens with zero attached hydrogens (tertiary/aromatic N) is 4. The Hall–Kier alpha value is -3.47.